The van der Waals surface area contributed by atoms with Gasteiger partial charge in [0.1, 0.15) is 0 Å². The first kappa shape index (κ1) is 20.7. The number of nitriles is 1. The largest absolute Gasteiger partial charge is 0.490 e. The van der Waals surface area contributed by atoms with E-state index in [0.717, 1.165) is 11.1 Å². The van der Waals surface area contributed by atoms with Gasteiger partial charge >= 0.3 is 0 Å². The number of para-hydroxylation sites is 1. The summed E-state index contributed by atoms with van der Waals surface area (Å²) in [6, 6.07) is 26.3. The predicted octanol–water partition coefficient (Wildman–Crippen LogP) is 5.17. The number of nitrogens with one attached hydrogen (secondary N) is 1. The van der Waals surface area contributed by atoms with Gasteiger partial charge in [-0.25, -0.2) is 0 Å². The monoisotopic (exact) mass is 398 g/mol. The van der Waals surface area contributed by atoms with Crippen LogP contribution in [-0.2, 0) is 4.79 Å². The van der Waals surface area contributed by atoms with Gasteiger partial charge < -0.3 is 14.8 Å². The third kappa shape index (κ3) is 5.73. The standard InChI is InChI=1S/C25H22N2O3/c1-2-29-24-16-19(15-21(17-26)20-9-5-3-6-10-20)13-14-23(24)30-18-25(28)27-22-11-7-4-8-12-22/h3-16H,2,18H2,1H3,(H,27,28)/b21-15+. The second-order valence-electron chi connectivity index (χ2n) is 6.38. The Morgan fingerprint density at radius 3 is 2.33 bits per heavy atom. The molecule has 0 aliphatic carbocycles. The number of amides is 1. The Labute approximate surface area is 176 Å². The fraction of sp³-hybridized carbons (Fsp3) is 0.120. The molecular weight excluding hydrogens is 376 g/mol. The zero-order valence-corrected chi connectivity index (χ0v) is 16.7. The van der Waals surface area contributed by atoms with Crippen LogP contribution in [0.5, 0.6) is 11.5 Å². The first-order chi connectivity index (χ1) is 14.7. The zero-order valence-electron chi connectivity index (χ0n) is 16.7. The van der Waals surface area contributed by atoms with Gasteiger partial charge in [0, 0.05) is 5.69 Å². The van der Waals surface area contributed by atoms with Crippen LogP contribution < -0.4 is 14.8 Å². The summed E-state index contributed by atoms with van der Waals surface area (Å²) in [4.78, 5) is 12.1. The molecule has 5 heteroatoms. The second kappa shape index (κ2) is 10.5. The minimum Gasteiger partial charge on any atom is -0.490 e. The highest BCUT2D eigenvalue weighted by atomic mass is 16.5. The molecular formula is C25H22N2O3. The van der Waals surface area contributed by atoms with Crippen LogP contribution in [0.4, 0.5) is 5.69 Å². The van der Waals surface area contributed by atoms with Crippen molar-refractivity contribution in [1.82, 2.24) is 0 Å². The molecule has 0 saturated heterocycles. The molecule has 1 amide bonds. The van der Waals surface area contributed by atoms with E-state index < -0.39 is 0 Å². The van der Waals surface area contributed by atoms with Crippen molar-refractivity contribution < 1.29 is 14.3 Å². The van der Waals surface area contributed by atoms with Crippen LogP contribution in [0, 0.1) is 11.3 Å². The number of carbonyl (C=O) groups excluding carboxylic acids is 1. The molecule has 3 rings (SSSR count). The number of hydrogen-bond acceptors (Lipinski definition) is 4. The molecule has 0 atom stereocenters. The first-order valence-corrected chi connectivity index (χ1v) is 9.61. The summed E-state index contributed by atoms with van der Waals surface area (Å²) in [5.41, 5.74) is 2.91. The Hall–Kier alpha value is -4.04. The average Bonchev–Trinajstić information content (AvgIpc) is 2.78. The van der Waals surface area contributed by atoms with Gasteiger partial charge in [0.2, 0.25) is 0 Å². The molecule has 1 N–H and O–H groups in total. The van der Waals surface area contributed by atoms with Gasteiger partial charge in [-0.3, -0.25) is 4.79 Å². The highest BCUT2D eigenvalue weighted by Gasteiger charge is 2.10. The number of carbonyl (C=O) groups is 1. The van der Waals surface area contributed by atoms with Crippen molar-refractivity contribution in [3.8, 4) is 17.6 Å². The lowest BCUT2D eigenvalue weighted by molar-refractivity contribution is -0.118. The maximum atomic E-state index is 12.1. The minimum absolute atomic E-state index is 0.141. The van der Waals surface area contributed by atoms with E-state index in [0.29, 0.717) is 29.4 Å². The Morgan fingerprint density at radius 2 is 1.67 bits per heavy atom. The van der Waals surface area contributed by atoms with E-state index in [-0.39, 0.29) is 12.5 Å². The smallest absolute Gasteiger partial charge is 0.262 e. The third-order valence-electron chi connectivity index (χ3n) is 4.20. The molecule has 30 heavy (non-hydrogen) atoms. The number of allylic oxidation sites excluding steroid dienone is 1. The minimum atomic E-state index is -0.261. The van der Waals surface area contributed by atoms with Crippen LogP contribution in [0.2, 0.25) is 0 Å². The summed E-state index contributed by atoms with van der Waals surface area (Å²) < 4.78 is 11.4. The van der Waals surface area contributed by atoms with Crippen molar-refractivity contribution in [2.75, 3.05) is 18.5 Å². The molecule has 0 aliphatic rings. The number of hydrogen-bond donors (Lipinski definition) is 1. The molecule has 3 aromatic rings. The lowest BCUT2D eigenvalue weighted by Gasteiger charge is -2.13. The SMILES string of the molecule is CCOc1cc(/C=C(\C#N)c2ccccc2)ccc1OCC(=O)Nc1ccccc1. The summed E-state index contributed by atoms with van der Waals surface area (Å²) in [7, 11) is 0. The first-order valence-electron chi connectivity index (χ1n) is 9.61. The van der Waals surface area contributed by atoms with Crippen LogP contribution in [-0.4, -0.2) is 19.1 Å². The van der Waals surface area contributed by atoms with E-state index in [4.69, 9.17) is 9.47 Å². The summed E-state index contributed by atoms with van der Waals surface area (Å²) in [5, 5.41) is 12.3. The van der Waals surface area contributed by atoms with Crippen LogP contribution >= 0.6 is 0 Å². The molecule has 0 aliphatic heterocycles. The second-order valence-corrected chi connectivity index (χ2v) is 6.38. The van der Waals surface area contributed by atoms with Gasteiger partial charge in [0.15, 0.2) is 18.1 Å². The number of nitrogens with zero attached hydrogens (tertiary/aromatic N) is 1. The van der Waals surface area contributed by atoms with E-state index in [1.165, 1.54) is 0 Å². The molecule has 0 spiro atoms. The Bertz CT molecular complexity index is 1050. The van der Waals surface area contributed by atoms with Crippen molar-refractivity contribution in [2.24, 2.45) is 0 Å². The molecule has 5 nitrogen and oxygen atoms in total. The van der Waals surface area contributed by atoms with Crippen molar-refractivity contribution >= 4 is 23.2 Å². The normalized spacial score (nSPS) is 10.7. The number of rotatable bonds is 8. The van der Waals surface area contributed by atoms with Gasteiger partial charge in [0.05, 0.1) is 18.2 Å². The molecule has 0 radical (unpaired) electrons. The number of benzene rings is 3. The lowest BCUT2D eigenvalue weighted by atomic mass is 10.0. The van der Waals surface area contributed by atoms with Crippen LogP contribution in [0.3, 0.4) is 0 Å². The van der Waals surface area contributed by atoms with Crippen LogP contribution in [0.1, 0.15) is 18.1 Å². The highest BCUT2D eigenvalue weighted by molar-refractivity contribution is 5.92. The molecule has 150 valence electrons. The van der Waals surface area contributed by atoms with Crippen LogP contribution in [0.15, 0.2) is 78.9 Å². The van der Waals surface area contributed by atoms with Crippen molar-refractivity contribution in [3.63, 3.8) is 0 Å². The summed E-state index contributed by atoms with van der Waals surface area (Å²) in [6.07, 6.45) is 1.80. The van der Waals surface area contributed by atoms with E-state index in [9.17, 15) is 10.1 Å². The van der Waals surface area contributed by atoms with Gasteiger partial charge in [-0.1, -0.05) is 54.6 Å². The van der Waals surface area contributed by atoms with Crippen LogP contribution in [0.25, 0.3) is 11.6 Å². The predicted molar refractivity (Wildman–Crippen MR) is 118 cm³/mol. The number of anilines is 1. The maximum Gasteiger partial charge on any atom is 0.262 e. The maximum absolute atomic E-state index is 12.1. The molecule has 0 saturated carbocycles. The molecule has 0 heterocycles. The van der Waals surface area contributed by atoms with E-state index >= 15 is 0 Å². The summed E-state index contributed by atoms with van der Waals surface area (Å²) in [5.74, 6) is 0.725. The fourth-order valence-corrected chi connectivity index (χ4v) is 2.83. The Balaban J connectivity index is 1.74. The van der Waals surface area contributed by atoms with E-state index in [2.05, 4.69) is 11.4 Å². The van der Waals surface area contributed by atoms with Crippen molar-refractivity contribution in [2.45, 2.75) is 6.92 Å². The highest BCUT2D eigenvalue weighted by Crippen LogP contribution is 2.30. The Morgan fingerprint density at radius 1 is 0.967 bits per heavy atom. The van der Waals surface area contributed by atoms with Gasteiger partial charge in [-0.15, -0.1) is 0 Å². The van der Waals surface area contributed by atoms with Gasteiger partial charge in [-0.05, 0) is 48.4 Å². The van der Waals surface area contributed by atoms with Crippen molar-refractivity contribution in [3.05, 3.63) is 90.0 Å². The molecule has 3 aromatic carbocycles. The van der Waals surface area contributed by atoms with Gasteiger partial charge in [-0.2, -0.15) is 5.26 Å². The lowest BCUT2D eigenvalue weighted by Crippen LogP contribution is -2.20. The van der Waals surface area contributed by atoms with Crippen molar-refractivity contribution in [1.29, 1.82) is 5.26 Å². The summed E-state index contributed by atoms with van der Waals surface area (Å²) >= 11 is 0. The molecule has 0 bridgehead atoms. The quantitative estimate of drug-likeness (QED) is 0.420. The zero-order chi connectivity index (χ0) is 21.2. The topological polar surface area (TPSA) is 71.3 Å². The number of ether oxygens (including phenoxy) is 2. The van der Waals surface area contributed by atoms with Gasteiger partial charge in [0.25, 0.3) is 5.91 Å². The molecule has 0 unspecified atom stereocenters. The molecule has 0 fully saturated rings. The average molecular weight is 398 g/mol. The summed E-state index contributed by atoms with van der Waals surface area (Å²) in [6.45, 7) is 2.18. The van der Waals surface area contributed by atoms with E-state index in [1.807, 2.05) is 73.7 Å². The third-order valence-corrected chi connectivity index (χ3v) is 4.20. The Kier molecular flexibility index (Phi) is 7.23. The fourth-order valence-electron chi connectivity index (χ4n) is 2.83. The molecule has 0 aromatic heterocycles. The van der Waals surface area contributed by atoms with E-state index in [1.54, 1.807) is 18.2 Å².